The average Bonchev–Trinajstić information content (AvgIpc) is 2.28. The van der Waals surface area contributed by atoms with Gasteiger partial charge in [0.2, 0.25) is 0 Å². The Morgan fingerprint density at radius 1 is 1.28 bits per heavy atom. The van der Waals surface area contributed by atoms with Crippen molar-refractivity contribution in [2.75, 3.05) is 5.75 Å². The lowest BCUT2D eigenvalue weighted by molar-refractivity contribution is -0.140. The summed E-state index contributed by atoms with van der Waals surface area (Å²) >= 11 is 0. The van der Waals surface area contributed by atoms with E-state index in [4.69, 9.17) is 0 Å². The summed E-state index contributed by atoms with van der Waals surface area (Å²) in [6.07, 6.45) is 0.429. The zero-order chi connectivity index (χ0) is 13.8. The molecule has 0 aromatic heterocycles. The first-order chi connectivity index (χ1) is 8.30. The van der Waals surface area contributed by atoms with E-state index in [9.17, 15) is 14.1 Å². The molecule has 2 atom stereocenters. The van der Waals surface area contributed by atoms with Crippen LogP contribution in [0.4, 0.5) is 0 Å². The molecule has 0 saturated heterocycles. The van der Waals surface area contributed by atoms with Gasteiger partial charge in [-0.2, -0.15) is 0 Å². The van der Waals surface area contributed by atoms with Crippen LogP contribution >= 0.6 is 0 Å². The maximum absolute atomic E-state index is 12.0. The van der Waals surface area contributed by atoms with Crippen LogP contribution in [-0.2, 0) is 22.0 Å². The van der Waals surface area contributed by atoms with Gasteiger partial charge >= 0.3 is 5.97 Å². The molecule has 0 bridgehead atoms. The van der Waals surface area contributed by atoms with Crippen LogP contribution < -0.4 is 0 Å². The number of hydrogen-bond donors (Lipinski definition) is 1. The molecule has 0 aliphatic rings. The van der Waals surface area contributed by atoms with Gasteiger partial charge in [-0.3, -0.25) is 9.00 Å². The molecule has 0 spiro atoms. The van der Waals surface area contributed by atoms with E-state index in [2.05, 4.69) is 0 Å². The van der Waals surface area contributed by atoms with Crippen LogP contribution in [-0.4, -0.2) is 25.8 Å². The molecule has 0 saturated carbocycles. The number of aliphatic carboxylic acids is 1. The van der Waals surface area contributed by atoms with Crippen molar-refractivity contribution in [1.29, 1.82) is 0 Å². The third-order valence-electron chi connectivity index (χ3n) is 2.71. The molecule has 1 N–H and O–H groups in total. The summed E-state index contributed by atoms with van der Waals surface area (Å²) < 4.78 is 11.6. The first-order valence-electron chi connectivity index (χ1n) is 5.96. The highest BCUT2D eigenvalue weighted by atomic mass is 32.2. The Labute approximate surface area is 111 Å². The maximum Gasteiger partial charge on any atom is 0.307 e. The first-order valence-corrected chi connectivity index (χ1v) is 7.28. The lowest BCUT2D eigenvalue weighted by atomic mass is 10.0. The van der Waals surface area contributed by atoms with Crippen molar-refractivity contribution in [2.24, 2.45) is 5.92 Å². The number of carboxylic acids is 1. The number of hydrogen-bond acceptors (Lipinski definition) is 2. The summed E-state index contributed by atoms with van der Waals surface area (Å²) in [6.45, 7) is 5.60. The van der Waals surface area contributed by atoms with Crippen LogP contribution in [0.5, 0.6) is 0 Å². The summed E-state index contributed by atoms with van der Waals surface area (Å²) in [5.74, 6) is -1.27. The second kappa shape index (κ2) is 6.14. The molecular weight excluding hydrogens is 248 g/mol. The van der Waals surface area contributed by atoms with Crippen LogP contribution in [0.15, 0.2) is 30.3 Å². The molecule has 0 amide bonds. The zero-order valence-electron chi connectivity index (χ0n) is 11.1. The van der Waals surface area contributed by atoms with E-state index >= 15 is 0 Å². The Balaban J connectivity index is 2.73. The van der Waals surface area contributed by atoms with Crippen molar-refractivity contribution in [2.45, 2.75) is 31.9 Å². The molecule has 1 aromatic carbocycles. The molecule has 0 aliphatic heterocycles. The third-order valence-corrected chi connectivity index (χ3v) is 4.78. The lowest BCUT2D eigenvalue weighted by Gasteiger charge is -2.20. The molecule has 3 nitrogen and oxygen atoms in total. The molecule has 4 heteroatoms. The van der Waals surface area contributed by atoms with Gasteiger partial charge in [-0.05, 0) is 32.8 Å². The number of rotatable bonds is 5. The van der Waals surface area contributed by atoms with E-state index in [1.54, 1.807) is 0 Å². The highest BCUT2D eigenvalue weighted by Gasteiger charge is 2.27. The summed E-state index contributed by atoms with van der Waals surface area (Å²) in [6, 6.07) is 9.46. The normalized spacial score (nSPS) is 15.1. The molecule has 0 fully saturated rings. The van der Waals surface area contributed by atoms with Gasteiger partial charge in [-0.25, -0.2) is 0 Å². The highest BCUT2D eigenvalue weighted by molar-refractivity contribution is 7.86. The Morgan fingerprint density at radius 2 is 1.83 bits per heavy atom. The predicted molar refractivity (Wildman–Crippen MR) is 74.0 cm³/mol. The Bertz CT molecular complexity index is 420. The molecule has 0 unspecified atom stereocenters. The van der Waals surface area contributed by atoms with Crippen LogP contribution in [0.1, 0.15) is 26.3 Å². The summed E-state index contributed by atoms with van der Waals surface area (Å²) in [5, 5.41) is 9.21. The molecular formula is C14H20O3S. The molecule has 0 aliphatic carbocycles. The zero-order valence-corrected chi connectivity index (χ0v) is 11.9. The highest BCUT2D eigenvalue weighted by Crippen LogP contribution is 2.17. The molecule has 1 aromatic rings. The molecule has 0 heterocycles. The second-order valence-corrected chi connectivity index (χ2v) is 7.60. The van der Waals surface area contributed by atoms with Crippen LogP contribution in [0.3, 0.4) is 0 Å². The maximum atomic E-state index is 12.0. The van der Waals surface area contributed by atoms with Crippen LogP contribution in [0.2, 0.25) is 0 Å². The number of carboxylic acid groups (broad SMARTS) is 1. The van der Waals surface area contributed by atoms with Crippen molar-refractivity contribution >= 4 is 16.8 Å². The van der Waals surface area contributed by atoms with Crippen molar-refractivity contribution in [3.63, 3.8) is 0 Å². The van der Waals surface area contributed by atoms with Gasteiger partial charge in [0, 0.05) is 21.3 Å². The van der Waals surface area contributed by atoms with E-state index in [1.807, 2.05) is 51.1 Å². The number of carbonyl (C=O) groups is 1. The smallest absolute Gasteiger partial charge is 0.307 e. The van der Waals surface area contributed by atoms with Crippen molar-refractivity contribution in [3.05, 3.63) is 35.9 Å². The standard InChI is InChI=1S/C14H20O3S/c1-14(2,3)18(17)10-12(13(15)16)9-11-7-5-4-6-8-11/h4-8,12H,9-10H2,1-3H3,(H,15,16)/t12-,18-/m1/s1. The van der Waals surface area contributed by atoms with E-state index < -0.39 is 22.7 Å². The van der Waals surface area contributed by atoms with Gasteiger partial charge in [-0.15, -0.1) is 0 Å². The van der Waals surface area contributed by atoms with Gasteiger partial charge in [0.05, 0.1) is 5.92 Å². The van der Waals surface area contributed by atoms with Crippen LogP contribution in [0, 0.1) is 5.92 Å². The van der Waals surface area contributed by atoms with Crippen LogP contribution in [0.25, 0.3) is 0 Å². The molecule has 18 heavy (non-hydrogen) atoms. The predicted octanol–water partition coefficient (Wildman–Crippen LogP) is 2.48. The van der Waals surface area contributed by atoms with Crippen molar-refractivity contribution in [3.8, 4) is 0 Å². The van der Waals surface area contributed by atoms with Crippen molar-refractivity contribution < 1.29 is 14.1 Å². The van der Waals surface area contributed by atoms with Gasteiger partial charge in [0.25, 0.3) is 0 Å². The molecule has 100 valence electrons. The first kappa shape index (κ1) is 14.9. The largest absolute Gasteiger partial charge is 0.481 e. The Kier molecular flexibility index (Phi) is 5.08. The third kappa shape index (κ3) is 4.61. The van der Waals surface area contributed by atoms with E-state index in [1.165, 1.54) is 0 Å². The van der Waals surface area contributed by atoms with Gasteiger partial charge in [0.15, 0.2) is 0 Å². The summed E-state index contributed by atoms with van der Waals surface area (Å²) in [5.41, 5.74) is 0.968. The lowest BCUT2D eigenvalue weighted by Crippen LogP contribution is -2.31. The number of benzene rings is 1. The Hall–Kier alpha value is -1.16. The minimum Gasteiger partial charge on any atom is -0.481 e. The monoisotopic (exact) mass is 268 g/mol. The average molecular weight is 268 g/mol. The second-order valence-electron chi connectivity index (χ2n) is 5.35. The minimum absolute atomic E-state index is 0.202. The van der Waals surface area contributed by atoms with E-state index in [-0.39, 0.29) is 10.5 Å². The molecule has 1 rings (SSSR count). The summed E-state index contributed by atoms with van der Waals surface area (Å²) in [7, 11) is -1.14. The fourth-order valence-corrected chi connectivity index (χ4v) is 2.67. The molecule has 0 radical (unpaired) electrons. The van der Waals surface area contributed by atoms with E-state index in [0.717, 1.165) is 5.56 Å². The van der Waals surface area contributed by atoms with Gasteiger partial charge in [0.1, 0.15) is 0 Å². The van der Waals surface area contributed by atoms with Crippen molar-refractivity contribution in [1.82, 2.24) is 0 Å². The topological polar surface area (TPSA) is 54.4 Å². The SMILES string of the molecule is CC(C)(C)[S@](=O)C[C@@H](Cc1ccccc1)C(=O)O. The quantitative estimate of drug-likeness (QED) is 0.892. The van der Waals surface area contributed by atoms with Gasteiger partial charge < -0.3 is 5.11 Å². The van der Waals surface area contributed by atoms with E-state index in [0.29, 0.717) is 6.42 Å². The fourth-order valence-electron chi connectivity index (χ4n) is 1.55. The fraction of sp³-hybridized carbons (Fsp3) is 0.500. The Morgan fingerprint density at radius 3 is 2.28 bits per heavy atom. The minimum atomic E-state index is -1.14. The summed E-state index contributed by atoms with van der Waals surface area (Å²) in [4.78, 5) is 11.2. The van der Waals surface area contributed by atoms with Gasteiger partial charge in [-0.1, -0.05) is 30.3 Å².